The lowest BCUT2D eigenvalue weighted by Crippen LogP contribution is -2.27. The van der Waals surface area contributed by atoms with Crippen molar-refractivity contribution in [3.05, 3.63) is 51.3 Å². The minimum absolute atomic E-state index is 0.0556. The molecule has 0 radical (unpaired) electrons. The van der Waals surface area contributed by atoms with E-state index in [4.69, 9.17) is 11.6 Å². The fraction of sp³-hybridized carbons (Fsp3) is 0.250. The summed E-state index contributed by atoms with van der Waals surface area (Å²) in [5.74, 6) is -0.0556. The third-order valence-corrected chi connectivity index (χ3v) is 3.91. The van der Waals surface area contributed by atoms with Gasteiger partial charge in [-0.1, -0.05) is 31.5 Å². The molecule has 0 saturated carbocycles. The van der Waals surface area contributed by atoms with Crippen molar-refractivity contribution in [3.63, 3.8) is 0 Å². The maximum Gasteiger partial charge on any atom is 0.417 e. The third-order valence-electron chi connectivity index (χ3n) is 3.62. The Morgan fingerprint density at radius 1 is 1.17 bits per heavy atom. The summed E-state index contributed by atoms with van der Waals surface area (Å²) < 4.78 is 38.3. The van der Waals surface area contributed by atoms with E-state index in [0.29, 0.717) is 21.8 Å². The Morgan fingerprint density at radius 2 is 1.88 bits per heavy atom. The van der Waals surface area contributed by atoms with Gasteiger partial charge in [0.05, 0.1) is 27.0 Å². The van der Waals surface area contributed by atoms with Crippen LogP contribution in [0.25, 0.3) is 11.3 Å². The van der Waals surface area contributed by atoms with Gasteiger partial charge in [0.25, 0.3) is 0 Å². The Hall–Kier alpha value is -2.28. The molecule has 0 atom stereocenters. The highest BCUT2D eigenvalue weighted by molar-refractivity contribution is 6.33. The van der Waals surface area contributed by atoms with Crippen LogP contribution in [0.3, 0.4) is 0 Å². The van der Waals surface area contributed by atoms with Crippen LogP contribution >= 0.6 is 11.6 Å². The second kappa shape index (κ2) is 5.66. The van der Waals surface area contributed by atoms with Crippen molar-refractivity contribution in [2.45, 2.75) is 25.9 Å². The van der Waals surface area contributed by atoms with Crippen LogP contribution < -0.4 is 10.7 Å². The van der Waals surface area contributed by atoms with Crippen molar-refractivity contribution in [2.24, 2.45) is 9.98 Å². The highest BCUT2D eigenvalue weighted by atomic mass is 35.5. The first-order chi connectivity index (χ1) is 11.2. The van der Waals surface area contributed by atoms with E-state index in [1.807, 2.05) is 13.8 Å². The quantitative estimate of drug-likeness (QED) is 0.821. The van der Waals surface area contributed by atoms with Crippen molar-refractivity contribution < 1.29 is 18.0 Å². The molecule has 0 aliphatic carbocycles. The molecule has 4 nitrogen and oxygen atoms in total. The molecule has 2 heterocycles. The van der Waals surface area contributed by atoms with E-state index in [9.17, 15) is 18.0 Å². The standard InChI is InChI=1S/C16H11ClF3N3O/c1-7(2)12-9(3-4-11-14(12)23-15(24)22-11)13-10(17)5-8(6-21-13)16(18,19)20/h3-7H,1-2H3. The van der Waals surface area contributed by atoms with Crippen LogP contribution in [-0.4, -0.2) is 11.0 Å². The fourth-order valence-corrected chi connectivity index (χ4v) is 2.88. The van der Waals surface area contributed by atoms with E-state index in [2.05, 4.69) is 15.0 Å². The number of hydrogen-bond donors (Lipinski definition) is 0. The summed E-state index contributed by atoms with van der Waals surface area (Å²) in [6, 6.07) is 3.47. The molecule has 24 heavy (non-hydrogen) atoms. The summed E-state index contributed by atoms with van der Waals surface area (Å²) in [4.78, 5) is 23.0. The highest BCUT2D eigenvalue weighted by Gasteiger charge is 2.32. The topological polar surface area (TPSA) is 54.7 Å². The predicted octanol–water partition coefficient (Wildman–Crippen LogP) is 3.92. The Balaban J connectivity index is 2.26. The molecule has 1 aromatic carbocycles. The minimum Gasteiger partial charge on any atom is -0.254 e. The number of amides is 2. The van der Waals surface area contributed by atoms with Gasteiger partial charge in [-0.15, -0.1) is 0 Å². The minimum atomic E-state index is -4.52. The molecular formula is C16H11ClF3N3O. The van der Waals surface area contributed by atoms with E-state index >= 15 is 0 Å². The highest BCUT2D eigenvalue weighted by Crippen LogP contribution is 2.35. The molecule has 0 spiro atoms. The van der Waals surface area contributed by atoms with Crippen LogP contribution in [0.5, 0.6) is 0 Å². The van der Waals surface area contributed by atoms with Gasteiger partial charge in [-0.3, -0.25) is 4.98 Å². The van der Waals surface area contributed by atoms with E-state index < -0.39 is 17.8 Å². The van der Waals surface area contributed by atoms with Crippen molar-refractivity contribution >= 4 is 17.6 Å². The lowest BCUT2D eigenvalue weighted by molar-refractivity contribution is -0.137. The first-order valence-electron chi connectivity index (χ1n) is 7.06. The van der Waals surface area contributed by atoms with E-state index in [1.165, 1.54) is 0 Å². The number of alkyl halides is 3. The normalized spacial score (nSPS) is 13.7. The lowest BCUT2D eigenvalue weighted by Gasteiger charge is -2.14. The average molecular weight is 354 g/mol. The summed E-state index contributed by atoms with van der Waals surface area (Å²) in [5, 5.41) is 0.744. The number of fused-ring (bicyclic) bond motifs is 1. The van der Waals surface area contributed by atoms with Gasteiger partial charge in [0.15, 0.2) is 0 Å². The second-order valence-electron chi connectivity index (χ2n) is 5.61. The van der Waals surface area contributed by atoms with Crippen LogP contribution in [0.15, 0.2) is 34.4 Å². The number of carbonyl (C=O) groups is 1. The Kier molecular flexibility index (Phi) is 3.91. The first kappa shape index (κ1) is 16.6. The molecule has 0 fully saturated rings. The van der Waals surface area contributed by atoms with Crippen LogP contribution in [-0.2, 0) is 6.18 Å². The second-order valence-corrected chi connectivity index (χ2v) is 6.01. The molecule has 1 aromatic heterocycles. The smallest absolute Gasteiger partial charge is 0.254 e. The van der Waals surface area contributed by atoms with Gasteiger partial charge in [-0.25, -0.2) is 4.79 Å². The summed E-state index contributed by atoms with van der Waals surface area (Å²) in [6.45, 7) is 3.77. The lowest BCUT2D eigenvalue weighted by atomic mass is 9.94. The van der Waals surface area contributed by atoms with Gasteiger partial charge in [0, 0.05) is 11.8 Å². The number of benzene rings is 1. The zero-order valence-electron chi connectivity index (χ0n) is 12.6. The molecular weight excluding hydrogens is 343 g/mol. The van der Waals surface area contributed by atoms with Gasteiger partial charge < -0.3 is 0 Å². The van der Waals surface area contributed by atoms with Crippen molar-refractivity contribution in [1.29, 1.82) is 0 Å². The van der Waals surface area contributed by atoms with Crippen molar-refractivity contribution in [3.8, 4) is 11.3 Å². The number of rotatable bonds is 2. The van der Waals surface area contributed by atoms with Gasteiger partial charge in [0.1, 0.15) is 0 Å². The number of carbonyl (C=O) groups excluding carboxylic acids is 1. The van der Waals surface area contributed by atoms with Crippen LogP contribution in [0.1, 0.15) is 30.9 Å². The zero-order chi connectivity index (χ0) is 17.6. The SMILES string of the molecule is CC(C)c1c(-c2ncc(C(F)(F)F)cc2Cl)ccc2c1=NC(=O)N=2. The first-order valence-corrected chi connectivity index (χ1v) is 7.43. The number of halogens is 4. The largest absolute Gasteiger partial charge is 0.417 e. The Morgan fingerprint density at radius 3 is 2.46 bits per heavy atom. The number of aromatic nitrogens is 1. The molecule has 2 amide bonds. The van der Waals surface area contributed by atoms with Crippen molar-refractivity contribution in [2.75, 3.05) is 0 Å². The number of nitrogens with zero attached hydrogens (tertiary/aromatic N) is 3. The summed E-state index contributed by atoms with van der Waals surface area (Å²) in [7, 11) is 0. The molecule has 0 saturated heterocycles. The molecule has 0 unspecified atom stereocenters. The van der Waals surface area contributed by atoms with Crippen LogP contribution in [0.4, 0.5) is 18.0 Å². The maximum atomic E-state index is 12.8. The molecule has 0 bridgehead atoms. The Labute approximate surface area is 139 Å². The van der Waals surface area contributed by atoms with Gasteiger partial charge in [-0.05, 0) is 23.6 Å². The zero-order valence-corrected chi connectivity index (χ0v) is 13.4. The van der Waals surface area contributed by atoms with Gasteiger partial charge in [0.2, 0.25) is 0 Å². The van der Waals surface area contributed by atoms with Crippen LogP contribution in [0.2, 0.25) is 5.02 Å². The Bertz CT molecular complexity index is 968. The summed E-state index contributed by atoms with van der Waals surface area (Å²) >= 11 is 6.04. The third kappa shape index (κ3) is 2.80. The van der Waals surface area contributed by atoms with Gasteiger partial charge >= 0.3 is 12.2 Å². The maximum absolute atomic E-state index is 12.8. The number of hydrogen-bond acceptors (Lipinski definition) is 2. The van der Waals surface area contributed by atoms with E-state index in [1.54, 1.807) is 12.1 Å². The fourth-order valence-electron chi connectivity index (χ4n) is 2.61. The molecule has 2 aromatic rings. The van der Waals surface area contributed by atoms with E-state index in [-0.39, 0.29) is 16.6 Å². The monoisotopic (exact) mass is 353 g/mol. The van der Waals surface area contributed by atoms with Crippen molar-refractivity contribution in [1.82, 2.24) is 4.98 Å². The molecule has 8 heteroatoms. The molecule has 1 aliphatic heterocycles. The average Bonchev–Trinajstić information content (AvgIpc) is 2.85. The number of pyridine rings is 1. The molecule has 0 N–H and O–H groups in total. The number of urea groups is 1. The summed E-state index contributed by atoms with van der Waals surface area (Å²) in [5.41, 5.74) is 0.511. The predicted molar refractivity (Wildman–Crippen MR) is 81.5 cm³/mol. The summed E-state index contributed by atoms with van der Waals surface area (Å²) in [6.07, 6.45) is -3.78. The molecule has 124 valence electrons. The molecule has 3 rings (SSSR count). The van der Waals surface area contributed by atoms with E-state index in [0.717, 1.165) is 12.3 Å². The molecule has 1 aliphatic rings. The van der Waals surface area contributed by atoms with Crippen LogP contribution in [0, 0.1) is 0 Å². The van der Waals surface area contributed by atoms with Gasteiger partial charge in [-0.2, -0.15) is 23.2 Å².